The van der Waals surface area contributed by atoms with Crippen molar-refractivity contribution in [3.05, 3.63) is 54.1 Å². The molecule has 27 heavy (non-hydrogen) atoms. The van der Waals surface area contributed by atoms with Crippen molar-refractivity contribution < 1.29 is 23.5 Å². The Hall–Kier alpha value is -3.33. The summed E-state index contributed by atoms with van der Waals surface area (Å²) in [6.45, 7) is 0.181. The van der Waals surface area contributed by atoms with Crippen molar-refractivity contribution in [2.75, 3.05) is 12.5 Å². The number of nitrogens with one attached hydrogen (secondary N) is 1. The zero-order valence-corrected chi connectivity index (χ0v) is 14.7. The number of imide groups is 1. The number of fused-ring (bicyclic) bond motifs is 1. The van der Waals surface area contributed by atoms with Crippen molar-refractivity contribution in [1.29, 1.82) is 0 Å². The van der Waals surface area contributed by atoms with Crippen LogP contribution in [0.3, 0.4) is 0 Å². The number of thioether (sulfide) groups is 1. The lowest BCUT2D eigenvalue weighted by molar-refractivity contribution is -0.117. The monoisotopic (exact) mass is 383 g/mol. The molecule has 3 aromatic rings. The summed E-state index contributed by atoms with van der Waals surface area (Å²) < 4.78 is 16.1. The lowest BCUT2D eigenvalue weighted by Crippen LogP contribution is -2.31. The Balaban J connectivity index is 1.34. The Morgan fingerprint density at radius 1 is 1.04 bits per heavy atom. The van der Waals surface area contributed by atoms with Crippen molar-refractivity contribution in [1.82, 2.24) is 15.5 Å². The molecule has 2 aromatic carbocycles. The summed E-state index contributed by atoms with van der Waals surface area (Å²) in [4.78, 5) is 23.9. The first-order valence-electron chi connectivity index (χ1n) is 7.94. The molecule has 1 N–H and O–H groups in total. The second kappa shape index (κ2) is 7.50. The fourth-order valence-electron chi connectivity index (χ4n) is 2.37. The highest BCUT2D eigenvalue weighted by Gasteiger charge is 2.17. The van der Waals surface area contributed by atoms with E-state index in [2.05, 4.69) is 15.5 Å². The number of carbonyl (C=O) groups is 2. The number of aromatic nitrogens is 2. The standard InChI is InChI=1S/C18H13N3O5S/c22-15(19-16(23)11-4-2-1-3-5-11)9-27-18-21-20-17(26-18)12-6-7-13-14(8-12)25-10-24-13/h1-8H,9-10H2,(H,19,22,23). The first kappa shape index (κ1) is 17.1. The van der Waals surface area contributed by atoms with Crippen LogP contribution in [0.4, 0.5) is 0 Å². The van der Waals surface area contributed by atoms with Gasteiger partial charge in [-0.1, -0.05) is 30.0 Å². The van der Waals surface area contributed by atoms with E-state index in [-0.39, 0.29) is 17.8 Å². The van der Waals surface area contributed by atoms with Gasteiger partial charge >= 0.3 is 0 Å². The first-order valence-corrected chi connectivity index (χ1v) is 8.93. The number of carbonyl (C=O) groups excluding carboxylic acids is 2. The normalized spacial score (nSPS) is 12.0. The predicted octanol–water partition coefficient (Wildman–Crippen LogP) is 2.51. The molecule has 0 unspecified atom stereocenters. The van der Waals surface area contributed by atoms with Crippen molar-refractivity contribution in [2.45, 2.75) is 5.22 Å². The van der Waals surface area contributed by atoms with Crippen molar-refractivity contribution in [2.24, 2.45) is 0 Å². The maximum atomic E-state index is 11.9. The van der Waals surface area contributed by atoms with Crippen LogP contribution in [0.2, 0.25) is 0 Å². The lowest BCUT2D eigenvalue weighted by atomic mass is 10.2. The summed E-state index contributed by atoms with van der Waals surface area (Å²) in [5.41, 5.74) is 1.10. The topological polar surface area (TPSA) is 104 Å². The fourth-order valence-corrected chi connectivity index (χ4v) is 2.93. The molecule has 1 aliphatic heterocycles. The van der Waals surface area contributed by atoms with E-state index in [4.69, 9.17) is 13.9 Å². The van der Waals surface area contributed by atoms with Crippen LogP contribution in [-0.2, 0) is 4.79 Å². The van der Waals surface area contributed by atoms with Crippen LogP contribution in [0.5, 0.6) is 11.5 Å². The van der Waals surface area contributed by atoms with Gasteiger partial charge in [-0.05, 0) is 30.3 Å². The van der Waals surface area contributed by atoms with E-state index in [1.165, 1.54) is 0 Å². The Kier molecular flexibility index (Phi) is 4.75. The third kappa shape index (κ3) is 3.93. The third-order valence-corrected chi connectivity index (χ3v) is 4.46. The number of rotatable bonds is 5. The molecule has 0 fully saturated rings. The molecule has 1 aliphatic rings. The molecule has 0 bridgehead atoms. The minimum absolute atomic E-state index is 0.0264. The second-order valence-corrected chi connectivity index (χ2v) is 6.40. The fraction of sp³-hybridized carbons (Fsp3) is 0.111. The summed E-state index contributed by atoms with van der Waals surface area (Å²) in [5, 5.41) is 10.4. The number of nitrogens with zero attached hydrogens (tertiary/aromatic N) is 2. The maximum absolute atomic E-state index is 11.9. The number of benzene rings is 2. The summed E-state index contributed by atoms with van der Waals surface area (Å²) in [5.74, 6) is 0.647. The predicted molar refractivity (Wildman–Crippen MR) is 95.5 cm³/mol. The largest absolute Gasteiger partial charge is 0.454 e. The van der Waals surface area contributed by atoms with E-state index in [1.54, 1.807) is 48.5 Å². The molecule has 0 saturated heterocycles. The van der Waals surface area contributed by atoms with E-state index in [0.29, 0.717) is 28.5 Å². The molecule has 0 radical (unpaired) electrons. The van der Waals surface area contributed by atoms with Gasteiger partial charge < -0.3 is 13.9 Å². The average molecular weight is 383 g/mol. The zero-order valence-electron chi connectivity index (χ0n) is 13.9. The van der Waals surface area contributed by atoms with Gasteiger partial charge in [-0.25, -0.2) is 0 Å². The van der Waals surface area contributed by atoms with Crippen LogP contribution in [0.25, 0.3) is 11.5 Å². The highest BCUT2D eigenvalue weighted by molar-refractivity contribution is 7.99. The Labute approximate surface area is 157 Å². The SMILES string of the molecule is O=C(CSc1nnc(-c2ccc3c(c2)OCO3)o1)NC(=O)c1ccccc1. The highest BCUT2D eigenvalue weighted by atomic mass is 32.2. The molecule has 0 atom stereocenters. The summed E-state index contributed by atoms with van der Waals surface area (Å²) >= 11 is 1.05. The highest BCUT2D eigenvalue weighted by Crippen LogP contribution is 2.35. The van der Waals surface area contributed by atoms with Crippen molar-refractivity contribution in [3.63, 3.8) is 0 Å². The van der Waals surface area contributed by atoms with E-state index < -0.39 is 11.8 Å². The van der Waals surface area contributed by atoms with Crippen LogP contribution < -0.4 is 14.8 Å². The molecular weight excluding hydrogens is 370 g/mol. The molecular formula is C18H13N3O5S. The number of hydrogen-bond donors (Lipinski definition) is 1. The summed E-state index contributed by atoms with van der Waals surface area (Å²) in [6.07, 6.45) is 0. The van der Waals surface area contributed by atoms with Gasteiger partial charge in [0.25, 0.3) is 11.1 Å². The van der Waals surface area contributed by atoms with Gasteiger partial charge in [0.05, 0.1) is 5.75 Å². The van der Waals surface area contributed by atoms with Crippen LogP contribution in [0, 0.1) is 0 Å². The average Bonchev–Trinajstić information content (AvgIpc) is 3.35. The second-order valence-electron chi connectivity index (χ2n) is 5.47. The summed E-state index contributed by atoms with van der Waals surface area (Å²) in [6, 6.07) is 13.8. The number of amides is 2. The van der Waals surface area contributed by atoms with Gasteiger partial charge in [-0.15, -0.1) is 10.2 Å². The third-order valence-electron chi connectivity index (χ3n) is 3.64. The van der Waals surface area contributed by atoms with Crippen LogP contribution >= 0.6 is 11.8 Å². The molecule has 1 aromatic heterocycles. The molecule has 8 nitrogen and oxygen atoms in total. The maximum Gasteiger partial charge on any atom is 0.277 e. The quantitative estimate of drug-likeness (QED) is 0.671. The minimum atomic E-state index is -0.451. The van der Waals surface area contributed by atoms with Gasteiger partial charge in [0, 0.05) is 11.1 Å². The number of ether oxygens (including phenoxy) is 2. The lowest BCUT2D eigenvalue weighted by Gasteiger charge is -2.02. The first-order chi connectivity index (χ1) is 13.2. The minimum Gasteiger partial charge on any atom is -0.454 e. The van der Waals surface area contributed by atoms with E-state index in [9.17, 15) is 9.59 Å². The molecule has 136 valence electrons. The van der Waals surface area contributed by atoms with E-state index in [1.807, 2.05) is 0 Å². The van der Waals surface area contributed by atoms with Crippen molar-refractivity contribution >= 4 is 23.6 Å². The van der Waals surface area contributed by atoms with Crippen LogP contribution in [0.15, 0.2) is 58.2 Å². The van der Waals surface area contributed by atoms with Crippen LogP contribution in [-0.4, -0.2) is 34.6 Å². The molecule has 0 spiro atoms. The molecule has 0 aliphatic carbocycles. The van der Waals surface area contributed by atoms with Gasteiger partial charge in [0.1, 0.15) is 0 Å². The molecule has 2 amide bonds. The smallest absolute Gasteiger partial charge is 0.277 e. The zero-order chi connectivity index (χ0) is 18.6. The summed E-state index contributed by atoms with van der Waals surface area (Å²) in [7, 11) is 0. The van der Waals surface area contributed by atoms with Gasteiger partial charge in [-0.3, -0.25) is 14.9 Å². The van der Waals surface area contributed by atoms with E-state index in [0.717, 1.165) is 11.8 Å². The van der Waals surface area contributed by atoms with E-state index >= 15 is 0 Å². The molecule has 9 heteroatoms. The molecule has 2 heterocycles. The van der Waals surface area contributed by atoms with Crippen LogP contribution in [0.1, 0.15) is 10.4 Å². The Morgan fingerprint density at radius 2 is 1.85 bits per heavy atom. The van der Waals surface area contributed by atoms with Gasteiger partial charge in [-0.2, -0.15) is 0 Å². The molecule has 4 rings (SSSR count). The van der Waals surface area contributed by atoms with Crippen molar-refractivity contribution in [3.8, 4) is 23.0 Å². The Morgan fingerprint density at radius 3 is 2.70 bits per heavy atom. The van der Waals surface area contributed by atoms with Gasteiger partial charge in [0.2, 0.25) is 18.6 Å². The molecule has 0 saturated carbocycles. The van der Waals surface area contributed by atoms with Gasteiger partial charge in [0.15, 0.2) is 11.5 Å². The Bertz CT molecular complexity index is 990. The number of hydrogen-bond acceptors (Lipinski definition) is 8.